The van der Waals surface area contributed by atoms with Crippen molar-refractivity contribution in [2.24, 2.45) is 0 Å². The molecule has 2 saturated heterocycles. The van der Waals surface area contributed by atoms with Gasteiger partial charge in [0.15, 0.2) is 0 Å². The lowest BCUT2D eigenvalue weighted by Gasteiger charge is -2.36. The normalized spacial score (nSPS) is 17.8. The van der Waals surface area contributed by atoms with Gasteiger partial charge in [-0.1, -0.05) is 60.7 Å². The molecule has 0 N–H and O–H groups in total. The summed E-state index contributed by atoms with van der Waals surface area (Å²) >= 11 is 0. The summed E-state index contributed by atoms with van der Waals surface area (Å²) in [5.41, 5.74) is 2.70. The molecule has 0 unspecified atom stereocenters. The summed E-state index contributed by atoms with van der Waals surface area (Å²) in [7, 11) is 0. The van der Waals surface area contributed by atoms with E-state index < -0.39 is 0 Å². The van der Waals surface area contributed by atoms with E-state index in [1.807, 2.05) is 21.9 Å². The lowest BCUT2D eigenvalue weighted by Crippen LogP contribution is -2.52. The van der Waals surface area contributed by atoms with Crippen molar-refractivity contribution in [2.45, 2.75) is 19.3 Å². The van der Waals surface area contributed by atoms with Gasteiger partial charge < -0.3 is 9.80 Å². The predicted octanol–water partition coefficient (Wildman–Crippen LogP) is 2.15. The highest BCUT2D eigenvalue weighted by Gasteiger charge is 2.26. The van der Waals surface area contributed by atoms with Crippen molar-refractivity contribution in [2.75, 3.05) is 65.4 Å². The molecule has 0 aromatic heterocycles. The number of rotatable bonds is 8. The highest BCUT2D eigenvalue weighted by molar-refractivity contribution is 5.97. The topological polar surface area (TPSA) is 47.1 Å². The molecule has 2 fully saturated rings. The maximum absolute atomic E-state index is 12.7. The molecule has 2 aliphatic heterocycles. The van der Waals surface area contributed by atoms with Gasteiger partial charge in [0, 0.05) is 65.4 Å². The Morgan fingerprint density at radius 3 is 1.27 bits per heavy atom. The van der Waals surface area contributed by atoms with Crippen molar-refractivity contribution in [3.63, 3.8) is 0 Å². The second kappa shape index (κ2) is 12.0. The predicted molar refractivity (Wildman–Crippen MR) is 131 cm³/mol. The third-order valence-electron chi connectivity index (χ3n) is 6.87. The van der Waals surface area contributed by atoms with Crippen molar-refractivity contribution < 1.29 is 9.59 Å². The third kappa shape index (κ3) is 7.14. The number of benzene rings is 2. The van der Waals surface area contributed by atoms with Crippen molar-refractivity contribution in [3.05, 3.63) is 71.8 Å². The van der Waals surface area contributed by atoms with Crippen molar-refractivity contribution in [1.82, 2.24) is 19.6 Å². The zero-order valence-electron chi connectivity index (χ0n) is 19.6. The van der Waals surface area contributed by atoms with Crippen molar-refractivity contribution in [1.29, 1.82) is 0 Å². The Kier molecular flexibility index (Phi) is 8.50. The average molecular weight is 449 g/mol. The van der Waals surface area contributed by atoms with Crippen LogP contribution in [0.4, 0.5) is 0 Å². The Balaban J connectivity index is 1.12. The van der Waals surface area contributed by atoms with E-state index in [0.29, 0.717) is 26.2 Å². The molecule has 0 spiro atoms. The zero-order chi connectivity index (χ0) is 22.9. The van der Waals surface area contributed by atoms with Crippen LogP contribution >= 0.6 is 0 Å². The number of carbonyl (C=O) groups excluding carboxylic acids is 2. The number of nitrogens with zero attached hydrogens (tertiary/aromatic N) is 4. The van der Waals surface area contributed by atoms with Gasteiger partial charge in [-0.05, 0) is 24.0 Å². The summed E-state index contributed by atoms with van der Waals surface area (Å²) in [5.74, 6) is -0.0385. The standard InChI is InChI=1S/C27H36N4O2/c32-26(30-19-15-28(16-20-30)13-11-24-7-3-1-4-8-24)23-27(33)31-21-17-29(18-22-31)14-12-25-9-5-2-6-10-25/h1-10H,11-23H2. The fraction of sp³-hybridized carbons (Fsp3) is 0.481. The highest BCUT2D eigenvalue weighted by Crippen LogP contribution is 2.10. The maximum atomic E-state index is 12.7. The van der Waals surface area contributed by atoms with E-state index in [-0.39, 0.29) is 18.2 Å². The van der Waals surface area contributed by atoms with Crippen LogP contribution in [-0.2, 0) is 22.4 Å². The molecule has 2 amide bonds. The van der Waals surface area contributed by atoms with Crippen LogP contribution in [0.5, 0.6) is 0 Å². The Hall–Kier alpha value is -2.70. The minimum Gasteiger partial charge on any atom is -0.340 e. The fourth-order valence-electron chi connectivity index (χ4n) is 4.66. The average Bonchev–Trinajstić information content (AvgIpc) is 2.88. The highest BCUT2D eigenvalue weighted by atomic mass is 16.2. The van der Waals surface area contributed by atoms with Gasteiger partial charge in [0.25, 0.3) is 0 Å². The molecule has 33 heavy (non-hydrogen) atoms. The van der Waals surface area contributed by atoms with Crippen molar-refractivity contribution in [3.8, 4) is 0 Å². The SMILES string of the molecule is O=C(CC(=O)N1CCN(CCc2ccccc2)CC1)N1CCN(CCc2ccccc2)CC1. The number of amides is 2. The van der Waals surface area contributed by atoms with E-state index in [0.717, 1.165) is 52.1 Å². The molecule has 0 atom stereocenters. The number of carbonyl (C=O) groups is 2. The van der Waals surface area contributed by atoms with E-state index in [1.165, 1.54) is 11.1 Å². The minimum atomic E-state index is -0.0192. The molecule has 2 heterocycles. The molecule has 2 aromatic rings. The Morgan fingerprint density at radius 2 is 0.909 bits per heavy atom. The van der Waals surface area contributed by atoms with E-state index in [2.05, 4.69) is 58.3 Å². The maximum Gasteiger partial charge on any atom is 0.232 e. The van der Waals surface area contributed by atoms with Crippen LogP contribution in [0, 0.1) is 0 Å². The van der Waals surface area contributed by atoms with Crippen LogP contribution in [0.3, 0.4) is 0 Å². The monoisotopic (exact) mass is 448 g/mol. The smallest absolute Gasteiger partial charge is 0.232 e. The summed E-state index contributed by atoms with van der Waals surface area (Å²) in [6.45, 7) is 8.42. The number of hydrogen-bond donors (Lipinski definition) is 0. The van der Waals surface area contributed by atoms with Gasteiger partial charge in [-0.2, -0.15) is 0 Å². The first kappa shape index (κ1) is 23.5. The molecule has 0 radical (unpaired) electrons. The molecule has 4 rings (SSSR count). The van der Waals surface area contributed by atoms with Crippen LogP contribution in [0.1, 0.15) is 17.5 Å². The molecule has 2 aliphatic rings. The molecule has 6 nitrogen and oxygen atoms in total. The molecule has 176 valence electrons. The number of hydrogen-bond acceptors (Lipinski definition) is 4. The largest absolute Gasteiger partial charge is 0.340 e. The molecule has 0 aliphatic carbocycles. The Bertz CT molecular complexity index is 800. The second-order valence-corrected chi connectivity index (χ2v) is 9.09. The summed E-state index contributed by atoms with van der Waals surface area (Å²) in [6, 6.07) is 21.0. The number of piperazine rings is 2. The van der Waals surface area contributed by atoms with Gasteiger partial charge in [0.1, 0.15) is 6.42 Å². The summed E-state index contributed by atoms with van der Waals surface area (Å²) in [6.07, 6.45) is 2.07. The van der Waals surface area contributed by atoms with Gasteiger partial charge in [0.05, 0.1) is 0 Å². The van der Waals surface area contributed by atoms with Gasteiger partial charge in [-0.3, -0.25) is 19.4 Å². The molecule has 0 bridgehead atoms. The molecule has 6 heteroatoms. The third-order valence-corrected chi connectivity index (χ3v) is 6.87. The first-order valence-electron chi connectivity index (χ1n) is 12.3. The van der Waals surface area contributed by atoms with E-state index in [4.69, 9.17) is 0 Å². The van der Waals surface area contributed by atoms with Crippen LogP contribution < -0.4 is 0 Å². The van der Waals surface area contributed by atoms with E-state index >= 15 is 0 Å². The summed E-state index contributed by atoms with van der Waals surface area (Å²) in [5, 5.41) is 0. The molecular formula is C27H36N4O2. The molecular weight excluding hydrogens is 412 g/mol. The van der Waals surface area contributed by atoms with Crippen molar-refractivity contribution >= 4 is 11.8 Å². The van der Waals surface area contributed by atoms with Crippen LogP contribution in [0.25, 0.3) is 0 Å². The summed E-state index contributed by atoms with van der Waals surface area (Å²) < 4.78 is 0. The van der Waals surface area contributed by atoms with Crippen LogP contribution in [0.2, 0.25) is 0 Å². The fourth-order valence-corrected chi connectivity index (χ4v) is 4.66. The first-order chi connectivity index (χ1) is 16.2. The van der Waals surface area contributed by atoms with Gasteiger partial charge in [-0.15, -0.1) is 0 Å². The summed E-state index contributed by atoms with van der Waals surface area (Å²) in [4.78, 5) is 34.0. The molecule has 2 aromatic carbocycles. The molecule has 0 saturated carbocycles. The lowest BCUT2D eigenvalue weighted by molar-refractivity contribution is -0.142. The van der Waals surface area contributed by atoms with Gasteiger partial charge in [0.2, 0.25) is 11.8 Å². The van der Waals surface area contributed by atoms with Gasteiger partial charge in [-0.25, -0.2) is 0 Å². The second-order valence-electron chi connectivity index (χ2n) is 9.09. The van der Waals surface area contributed by atoms with E-state index in [1.54, 1.807) is 0 Å². The quantitative estimate of drug-likeness (QED) is 0.581. The van der Waals surface area contributed by atoms with Crippen LogP contribution in [-0.4, -0.2) is 96.9 Å². The lowest BCUT2D eigenvalue weighted by atomic mass is 10.1. The first-order valence-corrected chi connectivity index (χ1v) is 12.3. The van der Waals surface area contributed by atoms with Gasteiger partial charge >= 0.3 is 0 Å². The minimum absolute atomic E-state index is 0.00797. The zero-order valence-corrected chi connectivity index (χ0v) is 19.6. The Labute approximate surface area is 197 Å². The Morgan fingerprint density at radius 1 is 0.545 bits per heavy atom. The van der Waals surface area contributed by atoms with Crippen LogP contribution in [0.15, 0.2) is 60.7 Å². The van der Waals surface area contributed by atoms with E-state index in [9.17, 15) is 9.59 Å².